The minimum absolute atomic E-state index is 0.0110. The molecule has 1 aliphatic carbocycles. The van der Waals surface area contributed by atoms with Crippen molar-refractivity contribution in [1.29, 1.82) is 0 Å². The summed E-state index contributed by atoms with van der Waals surface area (Å²) < 4.78 is 1.28. The van der Waals surface area contributed by atoms with Crippen LogP contribution in [-0.4, -0.2) is 26.8 Å². The van der Waals surface area contributed by atoms with Crippen LogP contribution in [0, 0.1) is 5.92 Å². The largest absolute Gasteiger partial charge is 0.480 e. The SMILES string of the molecule is O=C(O)Cn1ccc(NC(=O)C2CCCC2)n1. The Balaban J connectivity index is 1.91. The van der Waals surface area contributed by atoms with Crippen LogP contribution in [0.4, 0.5) is 5.82 Å². The Morgan fingerprint density at radius 1 is 1.47 bits per heavy atom. The number of carbonyl (C=O) groups excluding carboxylic acids is 1. The average molecular weight is 237 g/mol. The topological polar surface area (TPSA) is 84.2 Å². The Morgan fingerprint density at radius 3 is 2.82 bits per heavy atom. The molecule has 0 bridgehead atoms. The fourth-order valence-corrected chi connectivity index (χ4v) is 2.07. The van der Waals surface area contributed by atoms with Crippen molar-refractivity contribution in [2.45, 2.75) is 32.2 Å². The highest BCUT2D eigenvalue weighted by atomic mass is 16.4. The summed E-state index contributed by atoms with van der Waals surface area (Å²) in [6, 6.07) is 1.61. The molecule has 1 amide bonds. The molecule has 0 spiro atoms. The van der Waals surface area contributed by atoms with Crippen molar-refractivity contribution in [3.8, 4) is 0 Å². The molecule has 1 aromatic heterocycles. The van der Waals surface area contributed by atoms with E-state index in [1.807, 2.05) is 0 Å². The summed E-state index contributed by atoms with van der Waals surface area (Å²) in [7, 11) is 0. The summed E-state index contributed by atoms with van der Waals surface area (Å²) in [4.78, 5) is 22.2. The number of carboxylic acid groups (broad SMARTS) is 1. The maximum absolute atomic E-state index is 11.8. The van der Waals surface area contributed by atoms with E-state index in [1.165, 1.54) is 4.68 Å². The number of hydrogen-bond acceptors (Lipinski definition) is 3. The van der Waals surface area contributed by atoms with Gasteiger partial charge < -0.3 is 10.4 Å². The fraction of sp³-hybridized carbons (Fsp3) is 0.545. The summed E-state index contributed by atoms with van der Waals surface area (Å²) in [5.74, 6) is -0.465. The highest BCUT2D eigenvalue weighted by molar-refractivity contribution is 5.91. The van der Waals surface area contributed by atoms with Gasteiger partial charge >= 0.3 is 5.97 Å². The van der Waals surface area contributed by atoms with Gasteiger partial charge in [-0.2, -0.15) is 5.10 Å². The van der Waals surface area contributed by atoms with Crippen molar-refractivity contribution in [1.82, 2.24) is 9.78 Å². The molecule has 0 saturated heterocycles. The van der Waals surface area contributed by atoms with Crippen molar-refractivity contribution in [2.24, 2.45) is 5.92 Å². The molecule has 0 aromatic carbocycles. The zero-order chi connectivity index (χ0) is 12.3. The van der Waals surface area contributed by atoms with E-state index in [9.17, 15) is 9.59 Å². The van der Waals surface area contributed by atoms with Crippen LogP contribution in [0.3, 0.4) is 0 Å². The van der Waals surface area contributed by atoms with Crippen molar-refractivity contribution >= 4 is 17.7 Å². The van der Waals surface area contributed by atoms with Crippen molar-refractivity contribution < 1.29 is 14.7 Å². The van der Waals surface area contributed by atoms with Crippen molar-refractivity contribution in [3.05, 3.63) is 12.3 Å². The van der Waals surface area contributed by atoms with E-state index in [2.05, 4.69) is 10.4 Å². The van der Waals surface area contributed by atoms with Gasteiger partial charge in [-0.05, 0) is 12.8 Å². The second-order valence-electron chi connectivity index (χ2n) is 4.26. The van der Waals surface area contributed by atoms with E-state index in [4.69, 9.17) is 5.11 Å². The predicted octanol–water partition coefficient (Wildman–Crippen LogP) is 1.10. The number of carbonyl (C=O) groups is 2. The first-order valence-corrected chi connectivity index (χ1v) is 5.71. The molecule has 92 valence electrons. The molecule has 0 atom stereocenters. The molecule has 17 heavy (non-hydrogen) atoms. The molecule has 1 aliphatic rings. The van der Waals surface area contributed by atoms with Gasteiger partial charge in [0.25, 0.3) is 0 Å². The maximum Gasteiger partial charge on any atom is 0.325 e. The third kappa shape index (κ3) is 3.05. The molecule has 0 radical (unpaired) electrons. The number of aliphatic carboxylic acids is 1. The molecule has 6 heteroatoms. The van der Waals surface area contributed by atoms with Gasteiger partial charge in [0.2, 0.25) is 5.91 Å². The van der Waals surface area contributed by atoms with Gasteiger partial charge in [-0.1, -0.05) is 12.8 Å². The lowest BCUT2D eigenvalue weighted by Gasteiger charge is -2.07. The van der Waals surface area contributed by atoms with Crippen LogP contribution in [0.5, 0.6) is 0 Å². The predicted molar refractivity (Wildman–Crippen MR) is 60.5 cm³/mol. The quantitative estimate of drug-likeness (QED) is 0.821. The van der Waals surface area contributed by atoms with Gasteiger partial charge in [0, 0.05) is 18.2 Å². The number of hydrogen-bond donors (Lipinski definition) is 2. The lowest BCUT2D eigenvalue weighted by Crippen LogP contribution is -2.20. The van der Waals surface area contributed by atoms with Crippen LogP contribution in [0.15, 0.2) is 12.3 Å². The number of nitrogens with zero attached hydrogens (tertiary/aromatic N) is 2. The Morgan fingerprint density at radius 2 is 2.18 bits per heavy atom. The van der Waals surface area contributed by atoms with Crippen LogP contribution in [-0.2, 0) is 16.1 Å². The Bertz CT molecular complexity index is 421. The summed E-state index contributed by atoms with van der Waals surface area (Å²) in [5.41, 5.74) is 0. The number of aromatic nitrogens is 2. The summed E-state index contributed by atoms with van der Waals surface area (Å²) in [6.07, 6.45) is 5.61. The molecule has 0 unspecified atom stereocenters. The number of rotatable bonds is 4. The molecule has 1 fully saturated rings. The minimum Gasteiger partial charge on any atom is -0.480 e. The van der Waals surface area contributed by atoms with Crippen molar-refractivity contribution in [3.63, 3.8) is 0 Å². The monoisotopic (exact) mass is 237 g/mol. The molecule has 1 heterocycles. The first kappa shape index (κ1) is 11.6. The van der Waals surface area contributed by atoms with Gasteiger partial charge in [-0.3, -0.25) is 14.3 Å². The first-order valence-electron chi connectivity index (χ1n) is 5.71. The summed E-state index contributed by atoms with van der Waals surface area (Å²) >= 11 is 0. The molecule has 2 N–H and O–H groups in total. The molecular formula is C11H15N3O3. The zero-order valence-corrected chi connectivity index (χ0v) is 9.43. The van der Waals surface area contributed by atoms with Crippen LogP contribution < -0.4 is 5.32 Å². The average Bonchev–Trinajstić information content (AvgIpc) is 2.87. The third-order valence-corrected chi connectivity index (χ3v) is 2.92. The molecule has 1 aromatic rings. The van der Waals surface area contributed by atoms with E-state index >= 15 is 0 Å². The summed E-state index contributed by atoms with van der Waals surface area (Å²) in [5, 5.41) is 15.3. The zero-order valence-electron chi connectivity index (χ0n) is 9.43. The standard InChI is InChI=1S/C11H15N3O3/c15-10(16)7-14-6-5-9(13-14)12-11(17)8-3-1-2-4-8/h5-6,8H,1-4,7H2,(H,15,16)(H,12,13,17). The fourth-order valence-electron chi connectivity index (χ4n) is 2.07. The molecule has 6 nitrogen and oxygen atoms in total. The minimum atomic E-state index is -0.957. The van der Waals surface area contributed by atoms with Crippen LogP contribution in [0.1, 0.15) is 25.7 Å². The van der Waals surface area contributed by atoms with Gasteiger partial charge in [-0.15, -0.1) is 0 Å². The highest BCUT2D eigenvalue weighted by Crippen LogP contribution is 2.25. The summed E-state index contributed by atoms with van der Waals surface area (Å²) in [6.45, 7) is -0.195. The van der Waals surface area contributed by atoms with E-state index < -0.39 is 5.97 Å². The Kier molecular flexibility index (Phi) is 3.41. The molecule has 1 saturated carbocycles. The Hall–Kier alpha value is -1.85. The lowest BCUT2D eigenvalue weighted by molar-refractivity contribution is -0.137. The van der Waals surface area contributed by atoms with Crippen LogP contribution in [0.25, 0.3) is 0 Å². The van der Waals surface area contributed by atoms with E-state index in [0.29, 0.717) is 5.82 Å². The van der Waals surface area contributed by atoms with Gasteiger partial charge in [0.15, 0.2) is 5.82 Å². The Labute approximate surface area is 98.6 Å². The molecule has 2 rings (SSSR count). The third-order valence-electron chi connectivity index (χ3n) is 2.92. The lowest BCUT2D eigenvalue weighted by atomic mass is 10.1. The molecular weight excluding hydrogens is 222 g/mol. The van der Waals surface area contributed by atoms with Gasteiger partial charge in [0.05, 0.1) is 0 Å². The number of nitrogens with one attached hydrogen (secondary N) is 1. The van der Waals surface area contributed by atoms with Gasteiger partial charge in [0.1, 0.15) is 6.54 Å². The number of carboxylic acids is 1. The van der Waals surface area contributed by atoms with E-state index in [-0.39, 0.29) is 18.4 Å². The van der Waals surface area contributed by atoms with E-state index in [1.54, 1.807) is 12.3 Å². The van der Waals surface area contributed by atoms with E-state index in [0.717, 1.165) is 25.7 Å². The smallest absolute Gasteiger partial charge is 0.325 e. The van der Waals surface area contributed by atoms with Crippen molar-refractivity contribution in [2.75, 3.05) is 5.32 Å². The number of anilines is 1. The normalized spacial score (nSPS) is 16.0. The first-order chi connectivity index (χ1) is 8.15. The maximum atomic E-state index is 11.8. The van der Waals surface area contributed by atoms with Crippen LogP contribution in [0.2, 0.25) is 0 Å². The second kappa shape index (κ2) is 4.99. The number of amides is 1. The van der Waals surface area contributed by atoms with Crippen LogP contribution >= 0.6 is 0 Å². The second-order valence-corrected chi connectivity index (χ2v) is 4.26. The highest BCUT2D eigenvalue weighted by Gasteiger charge is 2.23. The van der Waals surface area contributed by atoms with Gasteiger partial charge in [-0.25, -0.2) is 0 Å². The molecule has 0 aliphatic heterocycles.